The van der Waals surface area contributed by atoms with Crippen LogP contribution in [0.15, 0.2) is 103 Å². The summed E-state index contributed by atoms with van der Waals surface area (Å²) in [6, 6.07) is 31.2. The van der Waals surface area contributed by atoms with Gasteiger partial charge in [-0.2, -0.15) is 0 Å². The first kappa shape index (κ1) is 25.4. The standard InChI is InChI=1S/C37H26N2O4/c40-34-28-18-20-30-33-31(37(43)39(36(30)42)27-16-12-25(13-17-27)23-8-4-5-9-23)21-19-29(32(28)33)35(41)38(34)26-14-10-24(11-15-26)22-6-2-1-3-7-22/h1-3,6-7,10-21,23H,4-5,8-9H2. The van der Waals surface area contributed by atoms with E-state index in [1.807, 2.05) is 66.7 Å². The average molecular weight is 563 g/mol. The Morgan fingerprint density at radius 1 is 0.442 bits per heavy atom. The van der Waals surface area contributed by atoms with E-state index in [1.165, 1.54) is 28.2 Å². The Morgan fingerprint density at radius 3 is 1.28 bits per heavy atom. The van der Waals surface area contributed by atoms with Gasteiger partial charge in [0.05, 0.1) is 11.4 Å². The number of hydrogen-bond donors (Lipinski definition) is 0. The minimum absolute atomic E-state index is 0.289. The van der Waals surface area contributed by atoms with Crippen LogP contribution < -0.4 is 9.80 Å². The summed E-state index contributed by atoms with van der Waals surface area (Å²) in [5.74, 6) is -1.38. The van der Waals surface area contributed by atoms with E-state index in [0.29, 0.717) is 39.2 Å². The van der Waals surface area contributed by atoms with Gasteiger partial charge in [0.15, 0.2) is 0 Å². The molecule has 0 N–H and O–H groups in total. The Kier molecular flexibility index (Phi) is 5.66. The zero-order valence-corrected chi connectivity index (χ0v) is 23.2. The number of nitrogens with zero attached hydrogens (tertiary/aromatic N) is 2. The topological polar surface area (TPSA) is 74.8 Å². The molecule has 6 heteroatoms. The second-order valence-corrected chi connectivity index (χ2v) is 11.4. The zero-order valence-electron chi connectivity index (χ0n) is 23.2. The minimum atomic E-state index is -0.488. The molecule has 1 saturated carbocycles. The molecule has 2 heterocycles. The van der Waals surface area contributed by atoms with Crippen molar-refractivity contribution in [1.82, 2.24) is 0 Å². The molecule has 5 aromatic rings. The Hall–Kier alpha value is -5.36. The van der Waals surface area contributed by atoms with Crippen LogP contribution in [-0.4, -0.2) is 23.6 Å². The maximum Gasteiger partial charge on any atom is 0.265 e. The molecule has 8 rings (SSSR count). The zero-order chi connectivity index (χ0) is 29.2. The van der Waals surface area contributed by atoms with E-state index >= 15 is 0 Å². The van der Waals surface area contributed by atoms with Crippen molar-refractivity contribution < 1.29 is 19.2 Å². The minimum Gasteiger partial charge on any atom is -0.268 e. The number of benzene rings is 5. The third-order valence-electron chi connectivity index (χ3n) is 9.11. The first-order valence-electron chi connectivity index (χ1n) is 14.6. The number of carbonyl (C=O) groups is 4. The van der Waals surface area contributed by atoms with Gasteiger partial charge in [0, 0.05) is 33.0 Å². The van der Waals surface area contributed by atoms with Crippen LogP contribution in [0.4, 0.5) is 11.4 Å². The van der Waals surface area contributed by atoms with Gasteiger partial charge in [-0.15, -0.1) is 0 Å². The van der Waals surface area contributed by atoms with Gasteiger partial charge in [0.2, 0.25) is 0 Å². The van der Waals surface area contributed by atoms with Gasteiger partial charge in [0.1, 0.15) is 0 Å². The van der Waals surface area contributed by atoms with Crippen molar-refractivity contribution in [3.05, 3.63) is 131 Å². The first-order valence-corrected chi connectivity index (χ1v) is 14.6. The monoisotopic (exact) mass is 562 g/mol. The maximum atomic E-state index is 13.8. The molecule has 6 nitrogen and oxygen atoms in total. The van der Waals surface area contributed by atoms with Gasteiger partial charge in [-0.05, 0) is 84.0 Å². The SMILES string of the molecule is O=C1c2ccc3c4c(ccc(c24)C(=O)N1c1ccc(-c2ccccc2)cc1)C(=O)N(c1ccc(C2CCCC2)cc1)C3=O. The highest BCUT2D eigenvalue weighted by molar-refractivity contribution is 6.42. The van der Waals surface area contributed by atoms with Crippen molar-refractivity contribution >= 4 is 45.8 Å². The van der Waals surface area contributed by atoms with E-state index < -0.39 is 23.6 Å². The average Bonchev–Trinajstić information content (AvgIpc) is 3.59. The Morgan fingerprint density at radius 2 is 0.837 bits per heavy atom. The molecule has 1 fully saturated rings. The quantitative estimate of drug-likeness (QED) is 0.210. The van der Waals surface area contributed by atoms with E-state index in [1.54, 1.807) is 36.4 Å². The van der Waals surface area contributed by atoms with Crippen LogP contribution in [0.2, 0.25) is 0 Å². The molecule has 5 aromatic carbocycles. The van der Waals surface area contributed by atoms with Gasteiger partial charge in [0.25, 0.3) is 23.6 Å². The molecular formula is C37H26N2O4. The van der Waals surface area contributed by atoms with Crippen LogP contribution in [0.1, 0.15) is 78.6 Å². The van der Waals surface area contributed by atoms with Crippen LogP contribution in [-0.2, 0) is 0 Å². The fourth-order valence-corrected chi connectivity index (χ4v) is 6.93. The summed E-state index contributed by atoms with van der Waals surface area (Å²) in [5, 5.41) is 0.727. The molecule has 2 aliphatic heterocycles. The Labute approximate surface area is 248 Å². The molecule has 208 valence electrons. The molecular weight excluding hydrogens is 536 g/mol. The maximum absolute atomic E-state index is 13.8. The predicted octanol–water partition coefficient (Wildman–Crippen LogP) is 7.77. The van der Waals surface area contributed by atoms with E-state index in [4.69, 9.17) is 0 Å². The molecule has 0 saturated heterocycles. The van der Waals surface area contributed by atoms with Crippen LogP contribution >= 0.6 is 0 Å². The summed E-state index contributed by atoms with van der Waals surface area (Å²) >= 11 is 0. The van der Waals surface area contributed by atoms with Gasteiger partial charge in [-0.25, -0.2) is 9.80 Å². The summed E-state index contributed by atoms with van der Waals surface area (Å²) in [4.78, 5) is 57.6. The molecule has 0 unspecified atom stereocenters. The molecule has 0 aromatic heterocycles. The number of rotatable bonds is 4. The lowest BCUT2D eigenvalue weighted by Gasteiger charge is -2.32. The lowest BCUT2D eigenvalue weighted by Crippen LogP contribution is -2.43. The van der Waals surface area contributed by atoms with Crippen molar-refractivity contribution in [1.29, 1.82) is 0 Å². The normalized spacial score (nSPS) is 16.5. The van der Waals surface area contributed by atoms with E-state index in [0.717, 1.165) is 24.0 Å². The summed E-state index contributed by atoms with van der Waals surface area (Å²) in [5.41, 5.74) is 5.37. The number of carbonyl (C=O) groups excluding carboxylic acids is 4. The van der Waals surface area contributed by atoms with E-state index in [-0.39, 0.29) is 11.1 Å². The predicted molar refractivity (Wildman–Crippen MR) is 166 cm³/mol. The summed E-state index contributed by atoms with van der Waals surface area (Å²) in [6.07, 6.45) is 4.77. The van der Waals surface area contributed by atoms with Crippen LogP contribution in [0.3, 0.4) is 0 Å². The third kappa shape index (κ3) is 3.79. The third-order valence-corrected chi connectivity index (χ3v) is 9.11. The Bertz CT molecular complexity index is 1920. The molecule has 3 aliphatic rings. The number of imide groups is 2. The fourth-order valence-electron chi connectivity index (χ4n) is 6.93. The second kappa shape index (κ2) is 9.60. The molecule has 43 heavy (non-hydrogen) atoms. The fraction of sp³-hybridized carbons (Fsp3) is 0.135. The summed E-state index contributed by atoms with van der Waals surface area (Å²) in [7, 11) is 0. The van der Waals surface area contributed by atoms with Gasteiger partial charge >= 0.3 is 0 Å². The van der Waals surface area contributed by atoms with Crippen molar-refractivity contribution in [2.45, 2.75) is 31.6 Å². The van der Waals surface area contributed by atoms with Crippen molar-refractivity contribution in [3.8, 4) is 11.1 Å². The molecule has 0 radical (unpaired) electrons. The van der Waals surface area contributed by atoms with Crippen molar-refractivity contribution in [2.75, 3.05) is 9.80 Å². The molecule has 0 spiro atoms. The van der Waals surface area contributed by atoms with Crippen LogP contribution in [0.5, 0.6) is 0 Å². The van der Waals surface area contributed by atoms with Crippen molar-refractivity contribution in [2.24, 2.45) is 0 Å². The lowest BCUT2D eigenvalue weighted by molar-refractivity contribution is 0.0873. The molecule has 0 atom stereocenters. The smallest absolute Gasteiger partial charge is 0.265 e. The highest BCUT2D eigenvalue weighted by atomic mass is 16.2. The van der Waals surface area contributed by atoms with Gasteiger partial charge in [-0.1, -0.05) is 67.4 Å². The number of hydrogen-bond acceptors (Lipinski definition) is 4. The van der Waals surface area contributed by atoms with Crippen molar-refractivity contribution in [3.63, 3.8) is 0 Å². The highest BCUT2D eigenvalue weighted by Crippen LogP contribution is 2.41. The second-order valence-electron chi connectivity index (χ2n) is 11.4. The summed E-state index contributed by atoms with van der Waals surface area (Å²) < 4.78 is 0. The highest BCUT2D eigenvalue weighted by Gasteiger charge is 2.40. The number of amides is 4. The van der Waals surface area contributed by atoms with Crippen LogP contribution in [0, 0.1) is 0 Å². The summed E-state index contributed by atoms with van der Waals surface area (Å²) in [6.45, 7) is 0. The van der Waals surface area contributed by atoms with Gasteiger partial charge < -0.3 is 0 Å². The Balaban J connectivity index is 1.17. The first-order chi connectivity index (χ1) is 21.0. The molecule has 0 bridgehead atoms. The van der Waals surface area contributed by atoms with Gasteiger partial charge in [-0.3, -0.25) is 19.2 Å². The number of anilines is 2. The lowest BCUT2D eigenvalue weighted by atomic mass is 9.85. The molecule has 1 aliphatic carbocycles. The molecule has 4 amide bonds. The van der Waals surface area contributed by atoms with Crippen LogP contribution in [0.25, 0.3) is 21.9 Å². The van der Waals surface area contributed by atoms with E-state index in [2.05, 4.69) is 0 Å². The largest absolute Gasteiger partial charge is 0.268 e. The van der Waals surface area contributed by atoms with E-state index in [9.17, 15) is 19.2 Å².